The number of carbonyl (C=O) groups is 2. The molecule has 0 unspecified atom stereocenters. The molecule has 7 heteroatoms. The zero-order valence-corrected chi connectivity index (χ0v) is 17.1. The van der Waals surface area contributed by atoms with Crippen molar-refractivity contribution in [1.82, 2.24) is 0 Å². The fourth-order valence-corrected chi connectivity index (χ4v) is 3.93. The smallest absolute Gasteiger partial charge is 0.341 e. The summed E-state index contributed by atoms with van der Waals surface area (Å²) >= 11 is 7.26. The van der Waals surface area contributed by atoms with Crippen LogP contribution in [-0.4, -0.2) is 18.0 Å². The number of carbonyl (C=O) groups excluding carboxylic acids is 2. The average Bonchev–Trinajstić information content (AvgIpc) is 2.88. The molecule has 0 bridgehead atoms. The van der Waals surface area contributed by atoms with Crippen LogP contribution in [0.25, 0.3) is 6.08 Å². The van der Waals surface area contributed by atoms with E-state index in [1.807, 2.05) is 13.8 Å². The highest BCUT2D eigenvalue weighted by Crippen LogP contribution is 2.34. The minimum absolute atomic E-state index is 0.130. The highest BCUT2D eigenvalue weighted by atomic mass is 35.5. The number of rotatable bonds is 6. The van der Waals surface area contributed by atoms with Gasteiger partial charge in [-0.2, -0.15) is 0 Å². The highest BCUT2D eigenvalue weighted by molar-refractivity contribution is 7.16. The largest absolute Gasteiger partial charge is 0.459 e. The lowest BCUT2D eigenvalue weighted by Crippen LogP contribution is -2.16. The second-order valence-electron chi connectivity index (χ2n) is 6.11. The summed E-state index contributed by atoms with van der Waals surface area (Å²) in [6, 6.07) is 4.29. The third-order valence-corrected chi connectivity index (χ3v) is 5.14. The molecule has 4 nitrogen and oxygen atoms in total. The summed E-state index contributed by atoms with van der Waals surface area (Å²) in [4.78, 5) is 25.7. The minimum Gasteiger partial charge on any atom is -0.459 e. The molecule has 2 aromatic rings. The third kappa shape index (κ3) is 5.17. The van der Waals surface area contributed by atoms with Crippen LogP contribution in [0.4, 0.5) is 9.39 Å². The first-order valence-electron chi connectivity index (χ1n) is 8.50. The summed E-state index contributed by atoms with van der Waals surface area (Å²) in [6.45, 7) is 7.36. The lowest BCUT2D eigenvalue weighted by Gasteiger charge is -2.10. The van der Waals surface area contributed by atoms with Crippen LogP contribution in [0.2, 0.25) is 5.02 Å². The van der Waals surface area contributed by atoms with Crippen molar-refractivity contribution in [2.24, 2.45) is 0 Å². The fourth-order valence-electron chi connectivity index (χ4n) is 2.56. The molecule has 1 aromatic heterocycles. The van der Waals surface area contributed by atoms with Gasteiger partial charge in [-0.05, 0) is 51.0 Å². The molecule has 0 aliphatic carbocycles. The van der Waals surface area contributed by atoms with Crippen LogP contribution in [0.15, 0.2) is 24.3 Å². The molecule has 1 aromatic carbocycles. The van der Waals surface area contributed by atoms with E-state index in [2.05, 4.69) is 5.32 Å². The molecule has 0 atom stereocenters. The van der Waals surface area contributed by atoms with E-state index >= 15 is 0 Å². The molecular formula is C20H21ClFNO3S. The molecule has 0 aliphatic heterocycles. The summed E-state index contributed by atoms with van der Waals surface area (Å²) in [7, 11) is 0. The van der Waals surface area contributed by atoms with E-state index < -0.39 is 17.7 Å². The Kier molecular flexibility index (Phi) is 7.16. The highest BCUT2D eigenvalue weighted by Gasteiger charge is 2.24. The van der Waals surface area contributed by atoms with Gasteiger partial charge in [0.25, 0.3) is 0 Å². The first kappa shape index (κ1) is 21.1. The van der Waals surface area contributed by atoms with E-state index in [0.29, 0.717) is 17.0 Å². The predicted molar refractivity (Wildman–Crippen MR) is 108 cm³/mol. The van der Waals surface area contributed by atoms with Gasteiger partial charge in [0, 0.05) is 16.5 Å². The van der Waals surface area contributed by atoms with Crippen molar-refractivity contribution in [3.63, 3.8) is 0 Å². The first-order chi connectivity index (χ1) is 12.7. The number of amides is 1. The summed E-state index contributed by atoms with van der Waals surface area (Å²) in [5.41, 5.74) is 1.35. The molecule has 0 fully saturated rings. The monoisotopic (exact) mass is 409 g/mol. The number of hydrogen-bond acceptors (Lipinski definition) is 4. The summed E-state index contributed by atoms with van der Waals surface area (Å²) < 4.78 is 19.1. The molecule has 144 valence electrons. The number of benzene rings is 1. The number of halogens is 2. The van der Waals surface area contributed by atoms with Crippen LogP contribution in [0.5, 0.6) is 0 Å². The summed E-state index contributed by atoms with van der Waals surface area (Å²) in [5, 5.41) is 3.33. The van der Waals surface area contributed by atoms with E-state index in [1.54, 1.807) is 19.9 Å². The Morgan fingerprint density at radius 3 is 2.67 bits per heavy atom. The van der Waals surface area contributed by atoms with E-state index in [0.717, 1.165) is 10.4 Å². The molecule has 0 saturated carbocycles. The van der Waals surface area contributed by atoms with Gasteiger partial charge in [-0.15, -0.1) is 11.3 Å². The van der Waals surface area contributed by atoms with Crippen molar-refractivity contribution in [1.29, 1.82) is 0 Å². The van der Waals surface area contributed by atoms with Crippen molar-refractivity contribution in [3.8, 4) is 0 Å². The standard InChI is InChI=1S/C20H21ClFNO3S/c1-5-13-12(4)27-19(18(13)20(25)26-11(2)3)23-17(24)10-9-14-15(21)7-6-8-16(14)22/h6-11H,5H2,1-4H3,(H,23,24)/b10-9+. The maximum Gasteiger partial charge on any atom is 0.341 e. The van der Waals surface area contributed by atoms with Gasteiger partial charge in [0.1, 0.15) is 10.8 Å². The van der Waals surface area contributed by atoms with Crippen LogP contribution in [0.3, 0.4) is 0 Å². The van der Waals surface area contributed by atoms with Gasteiger partial charge in [0.05, 0.1) is 16.7 Å². The Morgan fingerprint density at radius 1 is 1.37 bits per heavy atom. The molecule has 1 heterocycles. The lowest BCUT2D eigenvalue weighted by molar-refractivity contribution is -0.111. The molecule has 1 N–H and O–H groups in total. The van der Waals surface area contributed by atoms with E-state index in [1.165, 1.54) is 35.6 Å². The lowest BCUT2D eigenvalue weighted by atomic mass is 10.1. The van der Waals surface area contributed by atoms with Gasteiger partial charge in [-0.1, -0.05) is 24.6 Å². The van der Waals surface area contributed by atoms with Gasteiger partial charge in [0.15, 0.2) is 0 Å². The Labute approximate surface area is 167 Å². The second kappa shape index (κ2) is 9.15. The fraction of sp³-hybridized carbons (Fsp3) is 0.300. The quantitative estimate of drug-likeness (QED) is 0.497. The van der Waals surface area contributed by atoms with Crippen molar-refractivity contribution < 1.29 is 18.7 Å². The van der Waals surface area contributed by atoms with Crippen molar-refractivity contribution in [2.45, 2.75) is 40.2 Å². The maximum atomic E-state index is 13.8. The van der Waals surface area contributed by atoms with Crippen LogP contribution >= 0.6 is 22.9 Å². The number of nitrogens with one attached hydrogen (secondary N) is 1. The second-order valence-corrected chi connectivity index (χ2v) is 7.74. The van der Waals surface area contributed by atoms with Gasteiger partial charge >= 0.3 is 5.97 Å². The Hall–Kier alpha value is -2.18. The van der Waals surface area contributed by atoms with Crippen LogP contribution < -0.4 is 5.32 Å². The normalized spacial score (nSPS) is 11.2. The molecule has 2 rings (SSSR count). The molecular weight excluding hydrogens is 389 g/mol. The van der Waals surface area contributed by atoms with Gasteiger partial charge in [0.2, 0.25) is 5.91 Å². The van der Waals surface area contributed by atoms with Crippen molar-refractivity contribution in [3.05, 3.63) is 56.7 Å². The predicted octanol–water partition coefficient (Wildman–Crippen LogP) is 5.63. The zero-order chi connectivity index (χ0) is 20.1. The molecule has 0 radical (unpaired) electrons. The third-order valence-electron chi connectivity index (χ3n) is 3.75. The van der Waals surface area contributed by atoms with Crippen molar-refractivity contribution >= 4 is 45.9 Å². The van der Waals surface area contributed by atoms with Crippen LogP contribution in [0, 0.1) is 12.7 Å². The van der Waals surface area contributed by atoms with Gasteiger partial charge in [-0.25, -0.2) is 9.18 Å². The van der Waals surface area contributed by atoms with Crippen molar-refractivity contribution in [2.75, 3.05) is 5.32 Å². The number of esters is 1. The molecule has 0 saturated heterocycles. The number of hydrogen-bond donors (Lipinski definition) is 1. The summed E-state index contributed by atoms with van der Waals surface area (Å²) in [5.74, 6) is -1.48. The van der Waals surface area contributed by atoms with E-state index in [4.69, 9.17) is 16.3 Å². The van der Waals surface area contributed by atoms with Gasteiger partial charge in [-0.3, -0.25) is 4.79 Å². The zero-order valence-electron chi connectivity index (χ0n) is 15.6. The summed E-state index contributed by atoms with van der Waals surface area (Å²) in [6.07, 6.45) is 2.86. The van der Waals surface area contributed by atoms with Crippen LogP contribution in [0.1, 0.15) is 47.1 Å². The number of aryl methyl sites for hydroxylation is 1. The Bertz CT molecular complexity index is 869. The molecule has 1 amide bonds. The average molecular weight is 410 g/mol. The first-order valence-corrected chi connectivity index (χ1v) is 9.70. The minimum atomic E-state index is -0.520. The SMILES string of the molecule is CCc1c(C)sc(NC(=O)/C=C/c2c(F)cccc2Cl)c1C(=O)OC(C)C. The number of ether oxygens (including phenoxy) is 1. The van der Waals surface area contributed by atoms with E-state index in [-0.39, 0.29) is 16.7 Å². The maximum absolute atomic E-state index is 13.8. The topological polar surface area (TPSA) is 55.4 Å². The molecule has 0 aliphatic rings. The Morgan fingerprint density at radius 2 is 2.07 bits per heavy atom. The van der Waals surface area contributed by atoms with Crippen LogP contribution in [-0.2, 0) is 16.0 Å². The molecule has 0 spiro atoms. The number of thiophene rings is 1. The van der Waals surface area contributed by atoms with Gasteiger partial charge < -0.3 is 10.1 Å². The van der Waals surface area contributed by atoms with E-state index in [9.17, 15) is 14.0 Å². The number of anilines is 1. The Balaban J connectivity index is 2.27. The molecule has 27 heavy (non-hydrogen) atoms.